The molecule has 0 aliphatic heterocycles. The summed E-state index contributed by atoms with van der Waals surface area (Å²) in [5.74, 6) is 0.0995. The number of aromatic nitrogens is 1. The van der Waals surface area contributed by atoms with Gasteiger partial charge in [-0.2, -0.15) is 0 Å². The normalized spacial score (nSPS) is 12.1. The first-order valence-electron chi connectivity index (χ1n) is 10.2. The molecule has 0 aliphatic rings. The highest BCUT2D eigenvalue weighted by molar-refractivity contribution is 8.00. The molecule has 3 rings (SSSR count). The number of fused-ring (bicyclic) bond motifs is 1. The van der Waals surface area contributed by atoms with Gasteiger partial charge in [0.2, 0.25) is 0 Å². The SMILES string of the molecule is CC(C)(C)CCNC(=O)c1cc2ccccc2nc1SCCS(=O)(=O)c1ccccc1. The minimum absolute atomic E-state index is 0.0265. The van der Waals surface area contributed by atoms with Crippen LogP contribution in [0.5, 0.6) is 0 Å². The lowest BCUT2D eigenvalue weighted by atomic mass is 9.92. The number of sulfone groups is 1. The standard InChI is InChI=1S/C24H28N2O3S2/c1-24(2,3)13-14-25-22(27)20-17-18-9-7-8-12-21(18)26-23(20)30-15-16-31(28,29)19-10-5-4-6-11-19/h4-12,17H,13-16H2,1-3H3,(H,25,27). The van der Waals surface area contributed by atoms with Crippen LogP contribution in [0, 0.1) is 5.41 Å². The van der Waals surface area contributed by atoms with Crippen LogP contribution in [0.2, 0.25) is 0 Å². The van der Waals surface area contributed by atoms with E-state index in [1.54, 1.807) is 30.3 Å². The maximum atomic E-state index is 12.9. The topological polar surface area (TPSA) is 76.1 Å². The van der Waals surface area contributed by atoms with Gasteiger partial charge < -0.3 is 5.32 Å². The number of amides is 1. The molecule has 164 valence electrons. The predicted octanol–water partition coefficient (Wildman–Crippen LogP) is 4.97. The third-order valence-corrected chi connectivity index (χ3v) is 7.77. The molecule has 1 heterocycles. The zero-order chi connectivity index (χ0) is 22.5. The predicted molar refractivity (Wildman–Crippen MR) is 127 cm³/mol. The highest BCUT2D eigenvalue weighted by Crippen LogP contribution is 2.26. The molecule has 0 aliphatic carbocycles. The third kappa shape index (κ3) is 6.55. The number of carbonyl (C=O) groups excluding carboxylic acids is 1. The lowest BCUT2D eigenvalue weighted by Crippen LogP contribution is -2.28. The van der Waals surface area contributed by atoms with Crippen molar-refractivity contribution in [3.63, 3.8) is 0 Å². The second kappa shape index (κ2) is 9.83. The number of nitrogens with one attached hydrogen (secondary N) is 1. The fourth-order valence-corrected chi connectivity index (χ4v) is 5.69. The van der Waals surface area contributed by atoms with Crippen LogP contribution in [0.4, 0.5) is 0 Å². The second-order valence-corrected chi connectivity index (χ2v) is 11.8. The van der Waals surface area contributed by atoms with Crippen LogP contribution in [-0.4, -0.2) is 37.4 Å². The first-order chi connectivity index (χ1) is 14.7. The Bertz CT molecular complexity index is 1150. The van der Waals surface area contributed by atoms with Gasteiger partial charge >= 0.3 is 0 Å². The van der Waals surface area contributed by atoms with E-state index in [-0.39, 0.29) is 17.1 Å². The van der Waals surface area contributed by atoms with E-state index in [0.717, 1.165) is 17.3 Å². The largest absolute Gasteiger partial charge is 0.352 e. The molecule has 0 unspecified atom stereocenters. The Hall–Kier alpha value is -2.38. The summed E-state index contributed by atoms with van der Waals surface area (Å²) in [6, 6.07) is 17.9. The molecule has 0 saturated heterocycles. The fourth-order valence-electron chi connectivity index (χ4n) is 3.01. The van der Waals surface area contributed by atoms with E-state index in [4.69, 9.17) is 0 Å². The van der Waals surface area contributed by atoms with Crippen molar-refractivity contribution in [2.75, 3.05) is 18.1 Å². The fraction of sp³-hybridized carbons (Fsp3) is 0.333. The number of carbonyl (C=O) groups is 1. The van der Waals surface area contributed by atoms with Crippen LogP contribution in [0.15, 0.2) is 70.6 Å². The van der Waals surface area contributed by atoms with Gasteiger partial charge in [0.05, 0.1) is 21.7 Å². The van der Waals surface area contributed by atoms with Crippen molar-refractivity contribution in [2.45, 2.75) is 37.1 Å². The Morgan fingerprint density at radius 1 is 1.03 bits per heavy atom. The lowest BCUT2D eigenvalue weighted by Gasteiger charge is -2.18. The monoisotopic (exact) mass is 456 g/mol. The molecule has 31 heavy (non-hydrogen) atoms. The van der Waals surface area contributed by atoms with E-state index in [2.05, 4.69) is 31.1 Å². The Morgan fingerprint density at radius 3 is 2.42 bits per heavy atom. The average molecular weight is 457 g/mol. The maximum Gasteiger partial charge on any atom is 0.254 e. The summed E-state index contributed by atoms with van der Waals surface area (Å²) in [5, 5.41) is 4.41. The smallest absolute Gasteiger partial charge is 0.254 e. The number of hydrogen-bond donors (Lipinski definition) is 1. The molecule has 5 nitrogen and oxygen atoms in total. The van der Waals surface area contributed by atoms with Crippen molar-refractivity contribution in [1.29, 1.82) is 0 Å². The number of benzene rings is 2. The van der Waals surface area contributed by atoms with E-state index in [1.165, 1.54) is 11.8 Å². The first-order valence-corrected chi connectivity index (χ1v) is 12.9. The molecule has 0 spiro atoms. The van der Waals surface area contributed by atoms with Crippen molar-refractivity contribution in [2.24, 2.45) is 5.41 Å². The number of hydrogen-bond acceptors (Lipinski definition) is 5. The van der Waals surface area contributed by atoms with Crippen LogP contribution in [0.3, 0.4) is 0 Å². The van der Waals surface area contributed by atoms with Crippen molar-refractivity contribution in [1.82, 2.24) is 10.3 Å². The highest BCUT2D eigenvalue weighted by atomic mass is 32.2. The number of rotatable bonds is 8. The van der Waals surface area contributed by atoms with Gasteiger partial charge in [-0.25, -0.2) is 13.4 Å². The Balaban J connectivity index is 1.78. The Labute approximate surface area is 188 Å². The van der Waals surface area contributed by atoms with E-state index in [9.17, 15) is 13.2 Å². The zero-order valence-electron chi connectivity index (χ0n) is 18.1. The van der Waals surface area contributed by atoms with Crippen molar-refractivity contribution < 1.29 is 13.2 Å². The molecule has 1 N–H and O–H groups in total. The lowest BCUT2D eigenvalue weighted by molar-refractivity contribution is 0.0946. The van der Waals surface area contributed by atoms with Crippen molar-refractivity contribution >= 4 is 38.4 Å². The van der Waals surface area contributed by atoms with E-state index in [1.807, 2.05) is 30.3 Å². The van der Waals surface area contributed by atoms with E-state index < -0.39 is 9.84 Å². The molecule has 0 fully saturated rings. The number of pyridine rings is 1. The van der Waals surface area contributed by atoms with Crippen LogP contribution in [0.25, 0.3) is 10.9 Å². The van der Waals surface area contributed by atoms with Gasteiger partial charge in [-0.3, -0.25) is 4.79 Å². The van der Waals surface area contributed by atoms with E-state index >= 15 is 0 Å². The van der Waals surface area contributed by atoms with Gasteiger partial charge in [0.25, 0.3) is 5.91 Å². The molecule has 0 atom stereocenters. The molecular weight excluding hydrogens is 428 g/mol. The molecule has 0 bridgehead atoms. The second-order valence-electron chi connectivity index (χ2n) is 8.58. The summed E-state index contributed by atoms with van der Waals surface area (Å²) in [6.07, 6.45) is 0.859. The number of nitrogens with zero attached hydrogens (tertiary/aromatic N) is 1. The van der Waals surface area contributed by atoms with Gasteiger partial charge in [-0.1, -0.05) is 57.2 Å². The summed E-state index contributed by atoms with van der Waals surface area (Å²) in [5.41, 5.74) is 1.38. The summed E-state index contributed by atoms with van der Waals surface area (Å²) in [4.78, 5) is 17.9. The number of para-hydroxylation sites is 1. The minimum Gasteiger partial charge on any atom is -0.352 e. The molecule has 7 heteroatoms. The average Bonchev–Trinajstić information content (AvgIpc) is 2.72. The van der Waals surface area contributed by atoms with Crippen LogP contribution in [0.1, 0.15) is 37.6 Å². The molecule has 3 aromatic rings. The minimum atomic E-state index is -3.39. The summed E-state index contributed by atoms with van der Waals surface area (Å²) in [7, 11) is -3.39. The summed E-state index contributed by atoms with van der Waals surface area (Å²) < 4.78 is 25.2. The number of thioether (sulfide) groups is 1. The molecule has 1 amide bonds. The molecule has 2 aromatic carbocycles. The van der Waals surface area contributed by atoms with Gasteiger partial charge in [0.1, 0.15) is 5.03 Å². The van der Waals surface area contributed by atoms with Gasteiger partial charge in [0.15, 0.2) is 9.84 Å². The zero-order valence-corrected chi connectivity index (χ0v) is 19.7. The van der Waals surface area contributed by atoms with Gasteiger partial charge in [-0.05, 0) is 36.1 Å². The maximum absolute atomic E-state index is 12.9. The third-order valence-electron chi connectivity index (χ3n) is 4.79. The van der Waals surface area contributed by atoms with Gasteiger partial charge in [-0.15, -0.1) is 11.8 Å². The van der Waals surface area contributed by atoms with Crippen LogP contribution in [-0.2, 0) is 9.84 Å². The summed E-state index contributed by atoms with van der Waals surface area (Å²) in [6.45, 7) is 6.96. The summed E-state index contributed by atoms with van der Waals surface area (Å²) >= 11 is 1.30. The first kappa shape index (κ1) is 23.3. The molecule has 0 radical (unpaired) electrons. The van der Waals surface area contributed by atoms with Gasteiger partial charge in [0, 0.05) is 17.7 Å². The van der Waals surface area contributed by atoms with Crippen molar-refractivity contribution in [3.05, 3.63) is 66.2 Å². The quantitative estimate of drug-likeness (QED) is 0.485. The van der Waals surface area contributed by atoms with Crippen LogP contribution < -0.4 is 5.32 Å². The van der Waals surface area contributed by atoms with Crippen molar-refractivity contribution in [3.8, 4) is 0 Å². The van der Waals surface area contributed by atoms with Crippen LogP contribution >= 0.6 is 11.8 Å². The highest BCUT2D eigenvalue weighted by Gasteiger charge is 2.19. The Kier molecular flexibility index (Phi) is 7.38. The Morgan fingerprint density at radius 2 is 1.71 bits per heavy atom. The molecule has 1 aromatic heterocycles. The van der Waals surface area contributed by atoms with E-state index in [0.29, 0.717) is 27.8 Å². The molecule has 0 saturated carbocycles. The molecular formula is C24H28N2O3S2.